The van der Waals surface area contributed by atoms with E-state index in [1.807, 2.05) is 6.07 Å². The van der Waals surface area contributed by atoms with Gasteiger partial charge in [0.2, 0.25) is 0 Å². The van der Waals surface area contributed by atoms with E-state index in [9.17, 15) is 10.1 Å². The summed E-state index contributed by atoms with van der Waals surface area (Å²) >= 11 is 0. The SMILES string of the molecule is Cn1cc([N+](=O)[O-])c2ccc(C#N)cc21. The molecule has 5 nitrogen and oxygen atoms in total. The summed E-state index contributed by atoms with van der Waals surface area (Å²) in [4.78, 5) is 10.3. The molecule has 2 aromatic rings. The van der Waals surface area contributed by atoms with E-state index in [0.29, 0.717) is 16.5 Å². The van der Waals surface area contributed by atoms with E-state index < -0.39 is 4.92 Å². The first-order valence-corrected chi connectivity index (χ1v) is 4.27. The van der Waals surface area contributed by atoms with Gasteiger partial charge < -0.3 is 4.57 Å². The molecular formula is C10H7N3O2. The van der Waals surface area contributed by atoms with Gasteiger partial charge in [0.05, 0.1) is 33.7 Å². The number of aryl methyl sites for hydroxylation is 1. The highest BCUT2D eigenvalue weighted by molar-refractivity contribution is 5.90. The summed E-state index contributed by atoms with van der Waals surface area (Å²) in [5.41, 5.74) is 1.26. The van der Waals surface area contributed by atoms with E-state index in [-0.39, 0.29) is 5.69 Å². The Morgan fingerprint density at radius 3 is 2.87 bits per heavy atom. The Bertz CT molecular complexity index is 592. The first kappa shape index (κ1) is 9.21. The molecule has 0 aliphatic rings. The van der Waals surface area contributed by atoms with Crippen molar-refractivity contribution < 1.29 is 4.92 Å². The molecule has 5 heteroatoms. The Balaban J connectivity index is 2.82. The number of hydrogen-bond donors (Lipinski definition) is 0. The zero-order valence-corrected chi connectivity index (χ0v) is 7.97. The Hall–Kier alpha value is -2.35. The van der Waals surface area contributed by atoms with Crippen molar-refractivity contribution >= 4 is 16.6 Å². The molecule has 1 aromatic heterocycles. The van der Waals surface area contributed by atoms with Crippen LogP contribution in [0.3, 0.4) is 0 Å². The van der Waals surface area contributed by atoms with Gasteiger partial charge in [0, 0.05) is 7.05 Å². The second-order valence-electron chi connectivity index (χ2n) is 3.23. The summed E-state index contributed by atoms with van der Waals surface area (Å²) in [6.07, 6.45) is 1.45. The average Bonchev–Trinajstić information content (AvgIpc) is 2.56. The van der Waals surface area contributed by atoms with Crippen LogP contribution in [0.5, 0.6) is 0 Å². The van der Waals surface area contributed by atoms with Crippen molar-refractivity contribution in [3.8, 4) is 6.07 Å². The lowest BCUT2D eigenvalue weighted by molar-refractivity contribution is -0.383. The van der Waals surface area contributed by atoms with Crippen LogP contribution in [0.1, 0.15) is 5.56 Å². The van der Waals surface area contributed by atoms with Crippen LogP contribution in [0.25, 0.3) is 10.9 Å². The minimum absolute atomic E-state index is 0.0667. The number of benzene rings is 1. The quantitative estimate of drug-likeness (QED) is 0.523. The number of nitriles is 1. The summed E-state index contributed by atoms with van der Waals surface area (Å²) in [5.74, 6) is 0. The second-order valence-corrected chi connectivity index (χ2v) is 3.23. The molecule has 1 heterocycles. The smallest absolute Gasteiger partial charge is 0.294 e. The fourth-order valence-electron chi connectivity index (χ4n) is 1.58. The van der Waals surface area contributed by atoms with Crippen molar-refractivity contribution in [2.45, 2.75) is 0 Å². The molecule has 2 rings (SSSR count). The highest BCUT2D eigenvalue weighted by Gasteiger charge is 2.15. The molecule has 1 aromatic carbocycles. The molecule has 0 radical (unpaired) electrons. The number of fused-ring (bicyclic) bond motifs is 1. The highest BCUT2D eigenvalue weighted by atomic mass is 16.6. The Morgan fingerprint density at radius 2 is 2.27 bits per heavy atom. The Kier molecular flexibility index (Phi) is 1.90. The topological polar surface area (TPSA) is 71.9 Å². The second kappa shape index (κ2) is 3.10. The van der Waals surface area contributed by atoms with E-state index in [2.05, 4.69) is 0 Å². The molecule has 0 aliphatic heterocycles. The predicted octanol–water partition coefficient (Wildman–Crippen LogP) is 1.96. The van der Waals surface area contributed by atoms with Crippen molar-refractivity contribution in [1.29, 1.82) is 5.26 Å². The minimum atomic E-state index is -0.422. The number of rotatable bonds is 1. The van der Waals surface area contributed by atoms with Crippen LogP contribution in [0.15, 0.2) is 24.4 Å². The van der Waals surface area contributed by atoms with Crippen LogP contribution >= 0.6 is 0 Å². The summed E-state index contributed by atoms with van der Waals surface area (Å²) < 4.78 is 1.65. The molecule has 0 amide bonds. The van der Waals surface area contributed by atoms with Gasteiger partial charge in [-0.05, 0) is 18.2 Å². The maximum Gasteiger partial charge on any atom is 0.294 e. The van der Waals surface area contributed by atoms with E-state index in [1.54, 1.807) is 29.8 Å². The van der Waals surface area contributed by atoms with Crippen LogP contribution in [-0.4, -0.2) is 9.49 Å². The van der Waals surface area contributed by atoms with Gasteiger partial charge in [0.25, 0.3) is 5.69 Å². The van der Waals surface area contributed by atoms with Crippen LogP contribution < -0.4 is 0 Å². The van der Waals surface area contributed by atoms with Gasteiger partial charge in [-0.25, -0.2) is 0 Å². The Morgan fingerprint density at radius 1 is 1.53 bits per heavy atom. The Labute approximate surface area is 85.3 Å². The summed E-state index contributed by atoms with van der Waals surface area (Å²) in [6.45, 7) is 0. The standard InChI is InChI=1S/C10H7N3O2/c1-12-6-10(13(14)15)8-3-2-7(5-11)4-9(8)12/h2-4,6H,1H3. The fourth-order valence-corrected chi connectivity index (χ4v) is 1.58. The van der Waals surface area contributed by atoms with Crippen molar-refractivity contribution in [3.63, 3.8) is 0 Å². The van der Waals surface area contributed by atoms with E-state index >= 15 is 0 Å². The van der Waals surface area contributed by atoms with Gasteiger partial charge in [-0.2, -0.15) is 5.26 Å². The third kappa shape index (κ3) is 1.32. The first-order chi connectivity index (χ1) is 7.13. The van der Waals surface area contributed by atoms with Crippen LogP contribution in [0, 0.1) is 21.4 Å². The third-order valence-corrected chi connectivity index (χ3v) is 2.30. The number of nitrogens with zero attached hydrogens (tertiary/aromatic N) is 3. The van der Waals surface area contributed by atoms with Gasteiger partial charge in [-0.15, -0.1) is 0 Å². The van der Waals surface area contributed by atoms with Gasteiger partial charge in [-0.1, -0.05) is 0 Å². The minimum Gasteiger partial charge on any atom is -0.344 e. The van der Waals surface area contributed by atoms with Crippen LogP contribution in [0.2, 0.25) is 0 Å². The molecule has 0 bridgehead atoms. The summed E-state index contributed by atoms with van der Waals surface area (Å²) in [6, 6.07) is 6.82. The van der Waals surface area contributed by atoms with Crippen molar-refractivity contribution in [2.24, 2.45) is 7.05 Å². The van der Waals surface area contributed by atoms with Gasteiger partial charge in [0.1, 0.15) is 0 Å². The molecule has 0 spiro atoms. The molecular weight excluding hydrogens is 194 g/mol. The molecule has 0 N–H and O–H groups in total. The van der Waals surface area contributed by atoms with E-state index in [4.69, 9.17) is 5.26 Å². The number of aromatic nitrogens is 1. The number of hydrogen-bond acceptors (Lipinski definition) is 3. The molecule has 0 atom stereocenters. The zero-order chi connectivity index (χ0) is 11.0. The molecule has 0 saturated carbocycles. The predicted molar refractivity (Wildman–Crippen MR) is 54.3 cm³/mol. The maximum atomic E-state index is 10.7. The maximum absolute atomic E-state index is 10.7. The lowest BCUT2D eigenvalue weighted by Gasteiger charge is -1.94. The van der Waals surface area contributed by atoms with Gasteiger partial charge in [-0.3, -0.25) is 10.1 Å². The van der Waals surface area contributed by atoms with Crippen molar-refractivity contribution in [2.75, 3.05) is 0 Å². The molecule has 0 fully saturated rings. The molecule has 0 saturated heterocycles. The highest BCUT2D eigenvalue weighted by Crippen LogP contribution is 2.27. The fraction of sp³-hybridized carbons (Fsp3) is 0.100. The zero-order valence-electron chi connectivity index (χ0n) is 7.97. The monoisotopic (exact) mass is 201 g/mol. The molecule has 0 unspecified atom stereocenters. The van der Waals surface area contributed by atoms with Gasteiger partial charge >= 0.3 is 0 Å². The van der Waals surface area contributed by atoms with E-state index in [0.717, 1.165) is 0 Å². The van der Waals surface area contributed by atoms with Crippen molar-refractivity contribution in [1.82, 2.24) is 4.57 Å². The van der Waals surface area contributed by atoms with Crippen LogP contribution in [0.4, 0.5) is 5.69 Å². The number of nitro groups is 1. The molecule has 15 heavy (non-hydrogen) atoms. The lowest BCUT2D eigenvalue weighted by Crippen LogP contribution is -1.85. The largest absolute Gasteiger partial charge is 0.344 e. The van der Waals surface area contributed by atoms with Crippen LogP contribution in [-0.2, 0) is 7.05 Å². The molecule has 74 valence electrons. The third-order valence-electron chi connectivity index (χ3n) is 2.30. The lowest BCUT2D eigenvalue weighted by atomic mass is 10.2. The normalized spacial score (nSPS) is 10.1. The van der Waals surface area contributed by atoms with Crippen molar-refractivity contribution in [3.05, 3.63) is 40.1 Å². The first-order valence-electron chi connectivity index (χ1n) is 4.27. The van der Waals surface area contributed by atoms with Gasteiger partial charge in [0.15, 0.2) is 0 Å². The average molecular weight is 201 g/mol. The molecule has 0 aliphatic carbocycles. The summed E-state index contributed by atoms with van der Waals surface area (Å²) in [7, 11) is 1.72. The summed E-state index contributed by atoms with van der Waals surface area (Å²) in [5, 5.41) is 20.0. The van der Waals surface area contributed by atoms with E-state index in [1.165, 1.54) is 6.20 Å².